The number of halogens is 1. The van der Waals surface area contributed by atoms with Crippen LogP contribution in [0.25, 0.3) is 10.8 Å². The first kappa shape index (κ1) is 14.5. The van der Waals surface area contributed by atoms with Crippen LogP contribution in [0.3, 0.4) is 0 Å². The molecule has 3 rings (SSSR count). The number of rotatable bonds is 3. The van der Waals surface area contributed by atoms with Crippen LogP contribution in [0.15, 0.2) is 30.5 Å². The number of fused-ring (bicyclic) bond motifs is 1. The van der Waals surface area contributed by atoms with Crippen molar-refractivity contribution >= 4 is 28.2 Å². The highest BCUT2D eigenvalue weighted by Crippen LogP contribution is 2.31. The van der Waals surface area contributed by atoms with E-state index in [9.17, 15) is 0 Å². The predicted octanol–water partition coefficient (Wildman–Crippen LogP) is 4.23. The van der Waals surface area contributed by atoms with Crippen LogP contribution in [0.4, 0.5) is 5.82 Å². The van der Waals surface area contributed by atoms with Gasteiger partial charge in [0.2, 0.25) is 0 Å². The van der Waals surface area contributed by atoms with Crippen molar-refractivity contribution in [2.75, 3.05) is 24.4 Å². The predicted molar refractivity (Wildman–Crippen MR) is 88.6 cm³/mol. The van der Waals surface area contributed by atoms with Gasteiger partial charge in [0.25, 0.3) is 0 Å². The lowest BCUT2D eigenvalue weighted by Crippen LogP contribution is -2.36. The summed E-state index contributed by atoms with van der Waals surface area (Å²) in [6.45, 7) is 1.04. The molecule has 0 saturated carbocycles. The van der Waals surface area contributed by atoms with Crippen molar-refractivity contribution in [3.63, 3.8) is 0 Å². The van der Waals surface area contributed by atoms with Crippen LogP contribution in [0, 0.1) is 0 Å². The molecule has 1 unspecified atom stereocenters. The third-order valence-corrected chi connectivity index (χ3v) is 4.63. The third kappa shape index (κ3) is 2.93. The van der Waals surface area contributed by atoms with Gasteiger partial charge in [0.15, 0.2) is 0 Å². The highest BCUT2D eigenvalue weighted by molar-refractivity contribution is 6.18. The molecule has 21 heavy (non-hydrogen) atoms. The number of aromatic nitrogens is 1. The van der Waals surface area contributed by atoms with Gasteiger partial charge in [-0.15, -0.1) is 11.6 Å². The minimum absolute atomic E-state index is 0.384. The summed E-state index contributed by atoms with van der Waals surface area (Å²) in [6, 6.07) is 8.59. The first-order valence-electron chi connectivity index (χ1n) is 7.59. The average molecular weight is 305 g/mol. The van der Waals surface area contributed by atoms with Crippen LogP contribution in [0.2, 0.25) is 0 Å². The Balaban J connectivity index is 2.05. The molecule has 4 heteroatoms. The van der Waals surface area contributed by atoms with Gasteiger partial charge in [-0.2, -0.15) is 0 Å². The number of pyridine rings is 1. The molecule has 1 aliphatic rings. The van der Waals surface area contributed by atoms with Crippen LogP contribution in [-0.4, -0.2) is 30.6 Å². The number of hydrogen-bond donors (Lipinski definition) is 0. The number of benzene rings is 1. The smallest absolute Gasteiger partial charge is 0.136 e. The molecule has 0 N–H and O–H groups in total. The van der Waals surface area contributed by atoms with E-state index in [4.69, 9.17) is 16.3 Å². The van der Waals surface area contributed by atoms with Crippen LogP contribution >= 0.6 is 11.6 Å². The van der Waals surface area contributed by atoms with Crippen LogP contribution in [0.1, 0.15) is 25.7 Å². The Labute approximate surface area is 130 Å². The van der Waals surface area contributed by atoms with Crippen molar-refractivity contribution in [1.29, 1.82) is 0 Å². The maximum absolute atomic E-state index is 6.21. The lowest BCUT2D eigenvalue weighted by Gasteiger charge is -2.30. The van der Waals surface area contributed by atoms with Crippen molar-refractivity contribution < 1.29 is 4.74 Å². The summed E-state index contributed by atoms with van der Waals surface area (Å²) in [5.41, 5.74) is 0. The maximum atomic E-state index is 6.21. The lowest BCUT2D eigenvalue weighted by atomic mass is 10.1. The van der Waals surface area contributed by atoms with E-state index >= 15 is 0 Å². The minimum atomic E-state index is 0.384. The van der Waals surface area contributed by atoms with Gasteiger partial charge in [-0.3, -0.25) is 0 Å². The Kier molecular flexibility index (Phi) is 4.49. The highest BCUT2D eigenvalue weighted by Gasteiger charge is 2.22. The number of ether oxygens (including phenoxy) is 1. The maximum Gasteiger partial charge on any atom is 0.136 e. The van der Waals surface area contributed by atoms with Gasteiger partial charge in [0.1, 0.15) is 11.6 Å². The fourth-order valence-electron chi connectivity index (χ4n) is 3.11. The average Bonchev–Trinajstić information content (AvgIpc) is 2.78. The molecule has 1 aliphatic heterocycles. The zero-order chi connectivity index (χ0) is 14.7. The van der Waals surface area contributed by atoms with Crippen molar-refractivity contribution in [3.05, 3.63) is 30.5 Å². The second-order valence-corrected chi connectivity index (χ2v) is 5.88. The van der Waals surface area contributed by atoms with E-state index < -0.39 is 0 Å². The summed E-state index contributed by atoms with van der Waals surface area (Å²) < 4.78 is 5.31. The second-order valence-electron chi connectivity index (χ2n) is 5.57. The Hall–Kier alpha value is -1.48. The summed E-state index contributed by atoms with van der Waals surface area (Å²) in [5, 5.41) is 2.34. The largest absolute Gasteiger partial charge is 0.497 e. The Morgan fingerprint density at radius 2 is 2.19 bits per heavy atom. The zero-order valence-electron chi connectivity index (χ0n) is 12.4. The molecule has 3 nitrogen and oxygen atoms in total. The molecule has 112 valence electrons. The molecule has 0 radical (unpaired) electrons. The SMILES string of the molecule is COc1ccc2c(N3CCCCCC3CCl)nccc2c1. The molecule has 0 amide bonds. The summed E-state index contributed by atoms with van der Waals surface area (Å²) in [4.78, 5) is 7.05. The minimum Gasteiger partial charge on any atom is -0.497 e. The number of methoxy groups -OCH3 is 1. The number of nitrogens with zero attached hydrogens (tertiary/aromatic N) is 2. The van der Waals surface area contributed by atoms with E-state index in [1.165, 1.54) is 24.6 Å². The summed E-state index contributed by atoms with van der Waals surface area (Å²) >= 11 is 6.21. The van der Waals surface area contributed by atoms with Crippen molar-refractivity contribution in [2.45, 2.75) is 31.7 Å². The van der Waals surface area contributed by atoms with Gasteiger partial charge in [0.05, 0.1) is 7.11 Å². The van der Waals surface area contributed by atoms with Crippen LogP contribution in [0.5, 0.6) is 5.75 Å². The molecule has 2 heterocycles. The normalized spacial score (nSPS) is 19.5. The summed E-state index contributed by atoms with van der Waals surface area (Å²) in [5.74, 6) is 2.60. The van der Waals surface area contributed by atoms with E-state index in [-0.39, 0.29) is 0 Å². The molecule has 0 bridgehead atoms. The lowest BCUT2D eigenvalue weighted by molar-refractivity contribution is 0.415. The molecular weight excluding hydrogens is 284 g/mol. The molecule has 1 aromatic carbocycles. The molecule has 1 saturated heterocycles. The first-order chi connectivity index (χ1) is 10.3. The molecular formula is C17H21ClN2O. The van der Waals surface area contributed by atoms with E-state index in [0.29, 0.717) is 11.9 Å². The highest BCUT2D eigenvalue weighted by atomic mass is 35.5. The van der Waals surface area contributed by atoms with Gasteiger partial charge in [-0.05, 0) is 42.5 Å². The number of alkyl halides is 1. The molecule has 1 aromatic heterocycles. The fourth-order valence-corrected chi connectivity index (χ4v) is 3.43. The topological polar surface area (TPSA) is 25.4 Å². The van der Waals surface area contributed by atoms with Gasteiger partial charge < -0.3 is 9.64 Å². The fraction of sp³-hybridized carbons (Fsp3) is 0.471. The van der Waals surface area contributed by atoms with Gasteiger partial charge in [0, 0.05) is 30.0 Å². The van der Waals surface area contributed by atoms with Crippen molar-refractivity contribution in [3.8, 4) is 5.75 Å². The van der Waals surface area contributed by atoms with E-state index in [0.717, 1.165) is 29.9 Å². The summed E-state index contributed by atoms with van der Waals surface area (Å²) in [6.07, 6.45) is 6.78. The molecule has 2 aromatic rings. The number of anilines is 1. The van der Waals surface area contributed by atoms with Crippen LogP contribution in [-0.2, 0) is 0 Å². The Bertz CT molecular complexity index is 617. The first-order valence-corrected chi connectivity index (χ1v) is 8.12. The third-order valence-electron chi connectivity index (χ3n) is 4.28. The standard InChI is InChI=1S/C17H21ClN2O/c1-21-15-6-7-16-13(11-15)8-9-19-17(16)20-10-4-2-3-5-14(20)12-18/h6-9,11,14H,2-5,10,12H2,1H3. The van der Waals surface area contributed by atoms with Crippen molar-refractivity contribution in [1.82, 2.24) is 4.98 Å². The van der Waals surface area contributed by atoms with E-state index in [1.807, 2.05) is 18.3 Å². The quantitative estimate of drug-likeness (QED) is 0.793. The number of hydrogen-bond acceptors (Lipinski definition) is 3. The molecule has 1 atom stereocenters. The summed E-state index contributed by atoms with van der Waals surface area (Å²) in [7, 11) is 1.70. The van der Waals surface area contributed by atoms with E-state index in [1.54, 1.807) is 7.11 Å². The molecule has 0 aliphatic carbocycles. The van der Waals surface area contributed by atoms with Crippen molar-refractivity contribution in [2.24, 2.45) is 0 Å². The van der Waals surface area contributed by atoms with E-state index in [2.05, 4.69) is 22.0 Å². The second kappa shape index (κ2) is 6.52. The van der Waals surface area contributed by atoms with Gasteiger partial charge >= 0.3 is 0 Å². The Morgan fingerprint density at radius 1 is 1.29 bits per heavy atom. The Morgan fingerprint density at radius 3 is 3.00 bits per heavy atom. The molecule has 1 fully saturated rings. The monoisotopic (exact) mass is 304 g/mol. The van der Waals surface area contributed by atoms with Crippen LogP contribution < -0.4 is 9.64 Å². The molecule has 0 spiro atoms. The van der Waals surface area contributed by atoms with Gasteiger partial charge in [-0.1, -0.05) is 12.8 Å². The van der Waals surface area contributed by atoms with Gasteiger partial charge in [-0.25, -0.2) is 4.98 Å². The zero-order valence-corrected chi connectivity index (χ0v) is 13.1.